The van der Waals surface area contributed by atoms with Crippen LogP contribution in [-0.4, -0.2) is 29.8 Å². The molecule has 1 saturated heterocycles. The topological polar surface area (TPSA) is 131 Å². The van der Waals surface area contributed by atoms with Crippen LogP contribution in [0.5, 0.6) is 0 Å². The molecule has 19 heavy (non-hydrogen) atoms. The Balaban J connectivity index is 2.37. The number of imide groups is 1. The molecule has 1 aromatic carbocycles. The molecule has 1 heterocycles. The molecule has 0 bridgehead atoms. The number of benzene rings is 1. The number of amides is 2. The largest absolute Gasteiger partial charge is 0.353 e. The van der Waals surface area contributed by atoms with E-state index in [4.69, 9.17) is 5.84 Å². The van der Waals surface area contributed by atoms with Crippen molar-refractivity contribution in [2.45, 2.75) is 0 Å². The third kappa shape index (κ3) is 2.77. The maximum atomic E-state index is 11.3. The van der Waals surface area contributed by atoms with E-state index in [0.29, 0.717) is 11.4 Å². The Bertz CT molecular complexity index is 543. The number of nitro groups is 1. The molecule has 9 heteroatoms. The van der Waals surface area contributed by atoms with Crippen LogP contribution < -0.4 is 21.5 Å². The van der Waals surface area contributed by atoms with Gasteiger partial charge in [-0.3, -0.25) is 30.9 Å². The van der Waals surface area contributed by atoms with Gasteiger partial charge in [0.15, 0.2) is 0 Å². The second kappa shape index (κ2) is 4.90. The van der Waals surface area contributed by atoms with Crippen molar-refractivity contribution in [3.63, 3.8) is 0 Å². The van der Waals surface area contributed by atoms with Crippen molar-refractivity contribution < 1.29 is 14.5 Å². The molecule has 1 aliphatic heterocycles. The average Bonchev–Trinajstić information content (AvgIpc) is 2.37. The van der Waals surface area contributed by atoms with E-state index >= 15 is 0 Å². The van der Waals surface area contributed by atoms with Gasteiger partial charge in [-0.2, -0.15) is 0 Å². The molecule has 0 radical (unpaired) electrons. The van der Waals surface area contributed by atoms with Crippen molar-refractivity contribution in [3.05, 3.63) is 28.3 Å². The van der Waals surface area contributed by atoms with Crippen LogP contribution >= 0.6 is 0 Å². The molecule has 2 amide bonds. The summed E-state index contributed by atoms with van der Waals surface area (Å²) in [5.74, 6) is 4.33. The molecular weight excluding hydrogens is 254 g/mol. The summed E-state index contributed by atoms with van der Waals surface area (Å²) in [7, 11) is 0. The maximum absolute atomic E-state index is 11.3. The molecule has 100 valence electrons. The molecular formula is C10H11N5O4. The van der Waals surface area contributed by atoms with Gasteiger partial charge in [0.05, 0.1) is 23.7 Å². The van der Waals surface area contributed by atoms with Crippen LogP contribution in [-0.2, 0) is 9.59 Å². The van der Waals surface area contributed by atoms with E-state index in [1.807, 2.05) is 0 Å². The van der Waals surface area contributed by atoms with E-state index in [2.05, 4.69) is 10.7 Å². The van der Waals surface area contributed by atoms with Gasteiger partial charge in [0.25, 0.3) is 5.69 Å². The molecule has 0 spiro atoms. The zero-order valence-electron chi connectivity index (χ0n) is 9.75. The Morgan fingerprint density at radius 3 is 2.42 bits per heavy atom. The Morgan fingerprint density at radius 2 is 1.89 bits per heavy atom. The third-order valence-corrected chi connectivity index (χ3v) is 2.59. The molecule has 1 aliphatic rings. The van der Waals surface area contributed by atoms with Gasteiger partial charge in [-0.15, -0.1) is 0 Å². The lowest BCUT2D eigenvalue weighted by Gasteiger charge is -2.27. The number of hydrazine groups is 1. The number of rotatable bonds is 3. The number of carbonyl (C=O) groups is 2. The molecule has 0 aromatic heterocycles. The lowest BCUT2D eigenvalue weighted by molar-refractivity contribution is -0.384. The number of nitrogen functional groups attached to an aromatic ring is 1. The van der Waals surface area contributed by atoms with Gasteiger partial charge in [0, 0.05) is 17.8 Å². The minimum atomic E-state index is -0.573. The number of nitrogens with one attached hydrogen (secondary N) is 2. The van der Waals surface area contributed by atoms with Crippen molar-refractivity contribution in [3.8, 4) is 0 Å². The van der Waals surface area contributed by atoms with Gasteiger partial charge in [-0.1, -0.05) is 0 Å². The summed E-state index contributed by atoms with van der Waals surface area (Å²) in [6, 6.07) is 4.07. The molecule has 0 unspecified atom stereocenters. The van der Waals surface area contributed by atoms with Crippen molar-refractivity contribution >= 4 is 28.9 Å². The van der Waals surface area contributed by atoms with Gasteiger partial charge in [-0.05, 0) is 6.07 Å². The summed E-state index contributed by atoms with van der Waals surface area (Å²) in [4.78, 5) is 34.2. The SMILES string of the molecule is NNc1cc(N2CC(=O)NC(=O)C2)cc([N+](=O)[O-])c1. The number of nitrogens with zero attached hydrogens (tertiary/aromatic N) is 2. The number of hydrogen-bond acceptors (Lipinski definition) is 7. The molecule has 0 aliphatic carbocycles. The lowest BCUT2D eigenvalue weighted by Crippen LogP contribution is -2.51. The van der Waals surface area contributed by atoms with Crippen molar-refractivity contribution in [2.24, 2.45) is 5.84 Å². The first-order valence-corrected chi connectivity index (χ1v) is 5.33. The minimum absolute atomic E-state index is 0.0447. The van der Waals surface area contributed by atoms with Gasteiger partial charge < -0.3 is 10.3 Å². The normalized spacial score (nSPS) is 15.1. The first-order chi connectivity index (χ1) is 8.99. The molecule has 0 saturated carbocycles. The summed E-state index contributed by atoms with van der Waals surface area (Å²) in [5.41, 5.74) is 2.83. The van der Waals surface area contributed by atoms with E-state index in [-0.39, 0.29) is 18.8 Å². The number of anilines is 2. The Labute approximate surface area is 107 Å². The van der Waals surface area contributed by atoms with Gasteiger partial charge in [-0.25, -0.2) is 0 Å². The molecule has 1 fully saturated rings. The summed E-state index contributed by atoms with van der Waals surface area (Å²) in [6.07, 6.45) is 0. The molecule has 9 nitrogen and oxygen atoms in total. The van der Waals surface area contributed by atoms with E-state index < -0.39 is 16.7 Å². The quantitative estimate of drug-likeness (QED) is 0.286. The van der Waals surface area contributed by atoms with Crippen molar-refractivity contribution in [1.29, 1.82) is 0 Å². The Kier molecular flexibility index (Phi) is 3.29. The average molecular weight is 265 g/mol. The predicted octanol–water partition coefficient (Wildman–Crippen LogP) is -0.657. The number of hydrogen-bond donors (Lipinski definition) is 3. The summed E-state index contributed by atoms with van der Waals surface area (Å²) < 4.78 is 0. The van der Waals surface area contributed by atoms with Gasteiger partial charge in [0.2, 0.25) is 11.8 Å². The zero-order valence-corrected chi connectivity index (χ0v) is 9.75. The molecule has 0 atom stereocenters. The number of carbonyl (C=O) groups excluding carboxylic acids is 2. The fraction of sp³-hybridized carbons (Fsp3) is 0.200. The monoisotopic (exact) mass is 265 g/mol. The first kappa shape index (κ1) is 12.8. The maximum Gasteiger partial charge on any atom is 0.273 e. The summed E-state index contributed by atoms with van der Waals surface area (Å²) in [5, 5.41) is 13.0. The highest BCUT2D eigenvalue weighted by atomic mass is 16.6. The Morgan fingerprint density at radius 1 is 1.26 bits per heavy atom. The highest BCUT2D eigenvalue weighted by molar-refractivity contribution is 6.02. The summed E-state index contributed by atoms with van der Waals surface area (Å²) >= 11 is 0. The van der Waals surface area contributed by atoms with E-state index in [1.165, 1.54) is 23.1 Å². The second-order valence-electron chi connectivity index (χ2n) is 3.97. The van der Waals surface area contributed by atoms with Crippen LogP contribution in [0.15, 0.2) is 18.2 Å². The van der Waals surface area contributed by atoms with Gasteiger partial charge >= 0.3 is 0 Å². The van der Waals surface area contributed by atoms with Crippen LogP contribution in [0.4, 0.5) is 17.1 Å². The first-order valence-electron chi connectivity index (χ1n) is 5.33. The number of nitrogens with two attached hydrogens (primary N) is 1. The molecule has 2 rings (SSSR count). The highest BCUT2D eigenvalue weighted by Gasteiger charge is 2.24. The third-order valence-electron chi connectivity index (χ3n) is 2.59. The van der Waals surface area contributed by atoms with E-state index in [1.54, 1.807) is 0 Å². The standard InChI is InChI=1S/C10H11N5O4/c11-13-6-1-7(3-8(2-6)15(18)19)14-4-9(16)12-10(17)5-14/h1-3,13H,4-5,11H2,(H,12,16,17). The van der Waals surface area contributed by atoms with Crippen LogP contribution in [0.2, 0.25) is 0 Å². The Hall–Kier alpha value is -2.68. The van der Waals surface area contributed by atoms with Crippen LogP contribution in [0.3, 0.4) is 0 Å². The smallest absolute Gasteiger partial charge is 0.273 e. The lowest BCUT2D eigenvalue weighted by atomic mass is 10.2. The van der Waals surface area contributed by atoms with Crippen molar-refractivity contribution in [2.75, 3.05) is 23.4 Å². The van der Waals surface area contributed by atoms with Crippen LogP contribution in [0.25, 0.3) is 0 Å². The number of piperazine rings is 1. The predicted molar refractivity (Wildman–Crippen MR) is 66.3 cm³/mol. The van der Waals surface area contributed by atoms with E-state index in [9.17, 15) is 19.7 Å². The number of nitro benzene ring substituents is 1. The molecule has 1 aromatic rings. The van der Waals surface area contributed by atoms with Gasteiger partial charge in [0.1, 0.15) is 0 Å². The van der Waals surface area contributed by atoms with E-state index in [0.717, 1.165) is 0 Å². The molecule has 4 N–H and O–H groups in total. The summed E-state index contributed by atoms with van der Waals surface area (Å²) in [6.45, 7) is -0.0894. The van der Waals surface area contributed by atoms with Crippen molar-refractivity contribution in [1.82, 2.24) is 5.32 Å². The zero-order chi connectivity index (χ0) is 14.0. The van der Waals surface area contributed by atoms with Crippen LogP contribution in [0.1, 0.15) is 0 Å². The minimum Gasteiger partial charge on any atom is -0.353 e. The fourth-order valence-electron chi connectivity index (χ4n) is 1.79. The highest BCUT2D eigenvalue weighted by Crippen LogP contribution is 2.26. The fourth-order valence-corrected chi connectivity index (χ4v) is 1.79. The number of non-ortho nitro benzene ring substituents is 1. The van der Waals surface area contributed by atoms with Crippen LogP contribution in [0, 0.1) is 10.1 Å². The second-order valence-corrected chi connectivity index (χ2v) is 3.97.